The molecule has 1 aromatic heterocycles. The highest BCUT2D eigenvalue weighted by Crippen LogP contribution is 2.01. The molecule has 0 atom stereocenters. The molecular formula is C12H21N3O2. The maximum Gasteiger partial charge on any atom is 0.314 e. The Labute approximate surface area is 102 Å². The van der Waals surface area contributed by atoms with Gasteiger partial charge in [0.15, 0.2) is 0 Å². The fourth-order valence-corrected chi connectivity index (χ4v) is 1.38. The fraction of sp³-hybridized carbons (Fsp3) is 0.667. The predicted molar refractivity (Wildman–Crippen MR) is 65.8 cm³/mol. The van der Waals surface area contributed by atoms with Gasteiger partial charge in [-0.25, -0.2) is 4.79 Å². The lowest BCUT2D eigenvalue weighted by Crippen LogP contribution is -2.37. The molecule has 0 bridgehead atoms. The first-order chi connectivity index (χ1) is 8.08. The molecule has 0 aliphatic rings. The second kappa shape index (κ2) is 6.93. The summed E-state index contributed by atoms with van der Waals surface area (Å²) >= 11 is 0. The van der Waals surface area contributed by atoms with Crippen molar-refractivity contribution in [3.8, 4) is 0 Å². The number of carbonyl (C=O) groups is 1. The molecule has 1 aromatic rings. The molecule has 17 heavy (non-hydrogen) atoms. The Balaban J connectivity index is 2.08. The third-order valence-electron chi connectivity index (χ3n) is 2.35. The van der Waals surface area contributed by atoms with E-state index in [4.69, 9.17) is 4.52 Å². The van der Waals surface area contributed by atoms with Gasteiger partial charge in [0.2, 0.25) is 0 Å². The minimum absolute atomic E-state index is 0.120. The van der Waals surface area contributed by atoms with Gasteiger partial charge in [-0.2, -0.15) is 0 Å². The molecular weight excluding hydrogens is 218 g/mol. The highest BCUT2D eigenvalue weighted by Gasteiger charge is 2.02. The lowest BCUT2D eigenvalue weighted by atomic mass is 10.1. The minimum atomic E-state index is -0.120. The average molecular weight is 239 g/mol. The summed E-state index contributed by atoms with van der Waals surface area (Å²) in [5.41, 5.74) is 0.866. The van der Waals surface area contributed by atoms with E-state index in [2.05, 4.69) is 29.6 Å². The second-order valence-electron chi connectivity index (χ2n) is 4.54. The zero-order chi connectivity index (χ0) is 12.7. The van der Waals surface area contributed by atoms with Crippen molar-refractivity contribution in [1.82, 2.24) is 15.8 Å². The van der Waals surface area contributed by atoms with Crippen molar-refractivity contribution < 1.29 is 9.32 Å². The van der Waals surface area contributed by atoms with Crippen molar-refractivity contribution in [2.45, 2.75) is 33.6 Å². The summed E-state index contributed by atoms with van der Waals surface area (Å²) in [5.74, 6) is 1.40. The second-order valence-corrected chi connectivity index (χ2v) is 4.54. The van der Waals surface area contributed by atoms with Crippen LogP contribution in [0.1, 0.15) is 31.7 Å². The number of hydrogen-bond donors (Lipinski definition) is 2. The highest BCUT2D eigenvalue weighted by atomic mass is 16.5. The van der Waals surface area contributed by atoms with Gasteiger partial charge in [-0.3, -0.25) is 0 Å². The van der Waals surface area contributed by atoms with Gasteiger partial charge < -0.3 is 15.2 Å². The summed E-state index contributed by atoms with van der Waals surface area (Å²) in [6.45, 7) is 7.40. The van der Waals surface area contributed by atoms with Gasteiger partial charge in [0.1, 0.15) is 5.76 Å². The monoisotopic (exact) mass is 239 g/mol. The molecule has 96 valence electrons. The molecule has 0 saturated carbocycles. The Morgan fingerprint density at radius 3 is 2.71 bits per heavy atom. The third kappa shape index (κ3) is 5.94. The number of hydrogen-bond acceptors (Lipinski definition) is 3. The summed E-state index contributed by atoms with van der Waals surface area (Å²) in [6, 6.07) is 1.75. The van der Waals surface area contributed by atoms with Crippen LogP contribution < -0.4 is 10.6 Å². The van der Waals surface area contributed by atoms with Crippen molar-refractivity contribution in [3.05, 3.63) is 17.5 Å². The molecule has 0 spiro atoms. The van der Waals surface area contributed by atoms with E-state index in [9.17, 15) is 4.79 Å². The summed E-state index contributed by atoms with van der Waals surface area (Å²) in [6.07, 6.45) is 1.69. The zero-order valence-corrected chi connectivity index (χ0v) is 10.7. The highest BCUT2D eigenvalue weighted by molar-refractivity contribution is 5.73. The van der Waals surface area contributed by atoms with E-state index < -0.39 is 0 Å². The first kappa shape index (κ1) is 13.5. The Morgan fingerprint density at radius 1 is 1.41 bits per heavy atom. The molecule has 1 heterocycles. The van der Waals surface area contributed by atoms with E-state index in [1.807, 2.05) is 13.0 Å². The molecule has 5 heteroatoms. The van der Waals surface area contributed by atoms with Crippen LogP contribution in [0.5, 0.6) is 0 Å². The average Bonchev–Trinajstić information content (AvgIpc) is 2.63. The van der Waals surface area contributed by atoms with Crippen molar-refractivity contribution in [2.75, 3.05) is 13.1 Å². The minimum Gasteiger partial charge on any atom is -0.361 e. The van der Waals surface area contributed by atoms with Gasteiger partial charge in [-0.05, 0) is 19.3 Å². The van der Waals surface area contributed by atoms with Crippen molar-refractivity contribution in [2.24, 2.45) is 5.92 Å². The molecule has 0 aromatic carbocycles. The van der Waals surface area contributed by atoms with E-state index in [1.165, 1.54) is 0 Å². The first-order valence-electron chi connectivity index (χ1n) is 6.02. The van der Waals surface area contributed by atoms with Crippen LogP contribution in [0, 0.1) is 12.8 Å². The summed E-state index contributed by atoms with van der Waals surface area (Å²) in [4.78, 5) is 11.4. The number of amides is 2. The largest absolute Gasteiger partial charge is 0.361 e. The van der Waals surface area contributed by atoms with Crippen molar-refractivity contribution >= 4 is 6.03 Å². The molecule has 0 aliphatic heterocycles. The lowest BCUT2D eigenvalue weighted by molar-refractivity contribution is 0.240. The molecule has 0 saturated heterocycles. The Kier molecular flexibility index (Phi) is 5.52. The SMILES string of the molecule is Cc1cc(CCNC(=O)NCCC(C)C)no1. The number of nitrogens with one attached hydrogen (secondary N) is 2. The first-order valence-corrected chi connectivity index (χ1v) is 6.02. The molecule has 1 rings (SSSR count). The molecule has 5 nitrogen and oxygen atoms in total. The number of rotatable bonds is 6. The van der Waals surface area contributed by atoms with Crippen molar-refractivity contribution in [1.29, 1.82) is 0 Å². The lowest BCUT2D eigenvalue weighted by Gasteiger charge is -2.08. The van der Waals surface area contributed by atoms with Gasteiger partial charge in [0.05, 0.1) is 5.69 Å². The molecule has 2 N–H and O–H groups in total. The maximum absolute atomic E-state index is 11.4. The predicted octanol–water partition coefficient (Wildman–Crippen LogP) is 1.87. The summed E-state index contributed by atoms with van der Waals surface area (Å²) < 4.78 is 4.93. The smallest absolute Gasteiger partial charge is 0.314 e. The van der Waals surface area contributed by atoms with Crippen LogP contribution in [-0.2, 0) is 6.42 Å². The van der Waals surface area contributed by atoms with Crippen LogP contribution in [0.3, 0.4) is 0 Å². The summed E-state index contributed by atoms with van der Waals surface area (Å²) in [7, 11) is 0. The summed E-state index contributed by atoms with van der Waals surface area (Å²) in [5, 5.41) is 9.45. The number of nitrogens with zero attached hydrogens (tertiary/aromatic N) is 1. The molecule has 0 radical (unpaired) electrons. The normalized spacial score (nSPS) is 10.6. The van der Waals surface area contributed by atoms with Crippen LogP contribution in [0.4, 0.5) is 4.79 Å². The molecule has 0 fully saturated rings. The standard InChI is InChI=1S/C12H21N3O2/c1-9(2)4-6-13-12(16)14-7-5-11-8-10(3)17-15-11/h8-9H,4-7H2,1-3H3,(H2,13,14,16). The van der Waals surface area contributed by atoms with Gasteiger partial charge in [-0.1, -0.05) is 19.0 Å². The molecule has 0 aliphatic carbocycles. The fourth-order valence-electron chi connectivity index (χ4n) is 1.38. The topological polar surface area (TPSA) is 67.2 Å². The van der Waals surface area contributed by atoms with Crippen LogP contribution in [0.15, 0.2) is 10.6 Å². The van der Waals surface area contributed by atoms with E-state index in [-0.39, 0.29) is 6.03 Å². The van der Waals surface area contributed by atoms with E-state index in [0.29, 0.717) is 25.4 Å². The number of urea groups is 1. The van der Waals surface area contributed by atoms with E-state index in [1.54, 1.807) is 0 Å². The quantitative estimate of drug-likeness (QED) is 0.796. The van der Waals surface area contributed by atoms with Gasteiger partial charge in [0.25, 0.3) is 0 Å². The van der Waals surface area contributed by atoms with E-state index >= 15 is 0 Å². The molecule has 2 amide bonds. The van der Waals surface area contributed by atoms with Crippen LogP contribution in [0.2, 0.25) is 0 Å². The van der Waals surface area contributed by atoms with Crippen molar-refractivity contribution in [3.63, 3.8) is 0 Å². The van der Waals surface area contributed by atoms with Gasteiger partial charge in [-0.15, -0.1) is 0 Å². The van der Waals surface area contributed by atoms with Crippen LogP contribution in [0.25, 0.3) is 0 Å². The number of carbonyl (C=O) groups excluding carboxylic acids is 1. The number of aromatic nitrogens is 1. The van der Waals surface area contributed by atoms with Crippen LogP contribution in [-0.4, -0.2) is 24.3 Å². The van der Waals surface area contributed by atoms with E-state index in [0.717, 1.165) is 17.9 Å². The third-order valence-corrected chi connectivity index (χ3v) is 2.35. The van der Waals surface area contributed by atoms with Gasteiger partial charge >= 0.3 is 6.03 Å². The maximum atomic E-state index is 11.4. The Bertz CT molecular complexity index is 347. The Morgan fingerprint density at radius 2 is 2.12 bits per heavy atom. The molecule has 0 unspecified atom stereocenters. The Hall–Kier alpha value is -1.52. The van der Waals surface area contributed by atoms with Crippen LogP contribution >= 0.6 is 0 Å². The number of aryl methyl sites for hydroxylation is 1. The zero-order valence-electron chi connectivity index (χ0n) is 10.7. The van der Waals surface area contributed by atoms with Gasteiger partial charge in [0, 0.05) is 25.6 Å².